The summed E-state index contributed by atoms with van der Waals surface area (Å²) in [4.78, 5) is 11.2. The Labute approximate surface area is 142 Å². The number of hydrogen-bond donors (Lipinski definition) is 1. The summed E-state index contributed by atoms with van der Waals surface area (Å²) in [6.07, 6.45) is 0. The van der Waals surface area contributed by atoms with Gasteiger partial charge in [-0.05, 0) is 23.8 Å². The van der Waals surface area contributed by atoms with Crippen LogP contribution in [0.2, 0.25) is 5.02 Å². The smallest absolute Gasteiger partial charge is 0.270 e. The van der Waals surface area contributed by atoms with Gasteiger partial charge in [-0.15, -0.1) is 0 Å². The fourth-order valence-corrected chi connectivity index (χ4v) is 3.07. The summed E-state index contributed by atoms with van der Waals surface area (Å²) in [5, 5.41) is 15.9. The third-order valence-corrected chi connectivity index (χ3v) is 4.52. The molecule has 2 aromatic rings. The summed E-state index contributed by atoms with van der Waals surface area (Å²) in [6.45, 7) is 0.147. The maximum absolute atomic E-state index is 13.5. The van der Waals surface area contributed by atoms with E-state index in [4.69, 9.17) is 16.7 Å². The van der Waals surface area contributed by atoms with Crippen molar-refractivity contribution in [3.8, 4) is 0 Å². The lowest BCUT2D eigenvalue weighted by atomic mass is 10.2. The van der Waals surface area contributed by atoms with Gasteiger partial charge in [0.2, 0.25) is 10.0 Å². The number of nitro benzene ring substituents is 1. The Bertz CT molecular complexity index is 905. The van der Waals surface area contributed by atoms with Gasteiger partial charge in [-0.25, -0.2) is 17.9 Å². The molecular formula is C14H13ClFN3O4S. The third-order valence-electron chi connectivity index (χ3n) is 3.28. The molecule has 0 amide bonds. The molecule has 0 atom stereocenters. The van der Waals surface area contributed by atoms with E-state index in [0.717, 1.165) is 6.07 Å². The van der Waals surface area contributed by atoms with Crippen LogP contribution < -0.4 is 10.0 Å². The lowest BCUT2D eigenvalue weighted by molar-refractivity contribution is -0.385. The molecule has 0 aromatic heterocycles. The number of nitro groups is 1. The van der Waals surface area contributed by atoms with Gasteiger partial charge < -0.3 is 4.90 Å². The third kappa shape index (κ3) is 3.99. The van der Waals surface area contributed by atoms with Gasteiger partial charge in [0.05, 0.1) is 15.6 Å². The van der Waals surface area contributed by atoms with Crippen LogP contribution in [0.5, 0.6) is 0 Å². The first-order valence-electron chi connectivity index (χ1n) is 6.56. The van der Waals surface area contributed by atoms with Crippen LogP contribution in [0.25, 0.3) is 0 Å². The van der Waals surface area contributed by atoms with Crippen LogP contribution in [-0.4, -0.2) is 20.4 Å². The quantitative estimate of drug-likeness (QED) is 0.640. The molecule has 2 aromatic carbocycles. The zero-order valence-corrected chi connectivity index (χ0v) is 14.0. The molecule has 0 aliphatic carbocycles. The highest BCUT2D eigenvalue weighted by atomic mass is 35.5. The van der Waals surface area contributed by atoms with Gasteiger partial charge in [0.15, 0.2) is 0 Å². The molecule has 0 aliphatic heterocycles. The van der Waals surface area contributed by atoms with E-state index in [2.05, 4.69) is 0 Å². The number of benzene rings is 2. The number of hydrogen-bond acceptors (Lipinski definition) is 5. The maximum atomic E-state index is 13.5. The zero-order chi connectivity index (χ0) is 18.1. The topological polar surface area (TPSA) is 107 Å². The molecule has 0 bridgehead atoms. The van der Waals surface area contributed by atoms with Crippen molar-refractivity contribution in [2.24, 2.45) is 5.14 Å². The number of rotatable bonds is 5. The minimum atomic E-state index is -4.18. The Morgan fingerprint density at radius 1 is 1.29 bits per heavy atom. The van der Waals surface area contributed by atoms with E-state index in [-0.39, 0.29) is 22.2 Å². The van der Waals surface area contributed by atoms with Crippen molar-refractivity contribution < 1.29 is 17.7 Å². The molecule has 0 saturated heterocycles. The number of anilines is 1. The number of halogens is 2. The molecule has 2 rings (SSSR count). The van der Waals surface area contributed by atoms with E-state index < -0.39 is 26.5 Å². The van der Waals surface area contributed by atoms with Crippen molar-refractivity contribution in [1.82, 2.24) is 0 Å². The summed E-state index contributed by atoms with van der Waals surface area (Å²) >= 11 is 5.62. The average Bonchev–Trinajstić information content (AvgIpc) is 2.49. The summed E-state index contributed by atoms with van der Waals surface area (Å²) < 4.78 is 37.0. The van der Waals surface area contributed by atoms with Crippen molar-refractivity contribution in [3.05, 3.63) is 62.9 Å². The van der Waals surface area contributed by atoms with Crippen molar-refractivity contribution in [2.45, 2.75) is 11.4 Å². The SMILES string of the molecule is CN(Cc1ccc(Cl)c(F)c1)c1ccc([N+](=O)[O-])cc1S(N)(=O)=O. The highest BCUT2D eigenvalue weighted by Crippen LogP contribution is 2.29. The van der Waals surface area contributed by atoms with E-state index in [0.29, 0.717) is 5.56 Å². The summed E-state index contributed by atoms with van der Waals surface area (Å²) in [5.41, 5.74) is 0.310. The number of sulfonamides is 1. The van der Waals surface area contributed by atoms with Crippen LogP contribution in [0.1, 0.15) is 5.56 Å². The summed E-state index contributed by atoms with van der Waals surface area (Å²) in [6, 6.07) is 7.54. The van der Waals surface area contributed by atoms with Gasteiger partial charge in [0, 0.05) is 25.7 Å². The van der Waals surface area contributed by atoms with E-state index in [1.54, 1.807) is 13.1 Å². The minimum absolute atomic E-state index is 0.0260. The Balaban J connectivity index is 2.43. The lowest BCUT2D eigenvalue weighted by Crippen LogP contribution is -2.22. The molecule has 0 saturated carbocycles. The molecule has 0 spiro atoms. The second-order valence-corrected chi connectivity index (χ2v) is 7.00. The fourth-order valence-electron chi connectivity index (χ4n) is 2.16. The Morgan fingerprint density at radius 3 is 2.50 bits per heavy atom. The second kappa shape index (κ2) is 6.71. The van der Waals surface area contributed by atoms with Gasteiger partial charge in [-0.1, -0.05) is 17.7 Å². The largest absolute Gasteiger partial charge is 0.369 e. The van der Waals surface area contributed by atoms with Crippen LogP contribution in [0.15, 0.2) is 41.3 Å². The highest BCUT2D eigenvalue weighted by molar-refractivity contribution is 7.89. The monoisotopic (exact) mass is 373 g/mol. The van der Waals surface area contributed by atoms with Gasteiger partial charge in [0.1, 0.15) is 10.7 Å². The predicted octanol–water partition coefficient (Wildman–Crippen LogP) is 2.67. The van der Waals surface area contributed by atoms with Crippen molar-refractivity contribution in [3.63, 3.8) is 0 Å². The molecule has 0 radical (unpaired) electrons. The second-order valence-electron chi connectivity index (χ2n) is 5.06. The summed E-state index contributed by atoms with van der Waals surface area (Å²) in [5.74, 6) is -0.599. The number of primary sulfonamides is 1. The predicted molar refractivity (Wildman–Crippen MR) is 88.0 cm³/mol. The van der Waals surface area contributed by atoms with Crippen LogP contribution in [0, 0.1) is 15.9 Å². The Hall–Kier alpha value is -2.23. The Morgan fingerprint density at radius 2 is 1.96 bits per heavy atom. The molecule has 24 heavy (non-hydrogen) atoms. The van der Waals surface area contributed by atoms with Crippen molar-refractivity contribution in [1.29, 1.82) is 0 Å². The maximum Gasteiger partial charge on any atom is 0.270 e. The Kier molecular flexibility index (Phi) is 5.07. The van der Waals surface area contributed by atoms with Gasteiger partial charge in [-0.2, -0.15) is 0 Å². The van der Waals surface area contributed by atoms with Crippen LogP contribution in [0.3, 0.4) is 0 Å². The molecular weight excluding hydrogens is 361 g/mol. The van der Waals surface area contributed by atoms with E-state index in [9.17, 15) is 22.9 Å². The highest BCUT2D eigenvalue weighted by Gasteiger charge is 2.21. The molecule has 7 nitrogen and oxygen atoms in total. The molecule has 0 fully saturated rings. The van der Waals surface area contributed by atoms with Crippen molar-refractivity contribution in [2.75, 3.05) is 11.9 Å². The summed E-state index contributed by atoms with van der Waals surface area (Å²) in [7, 11) is -2.63. The number of non-ortho nitro benzene ring substituents is 1. The standard InChI is InChI=1S/C14H13ClFN3O4S/c1-18(8-9-2-4-11(15)12(16)6-9)13-5-3-10(19(20)21)7-14(13)24(17,22)23/h2-7H,8H2,1H3,(H2,17,22,23). The zero-order valence-electron chi connectivity index (χ0n) is 12.4. The lowest BCUT2D eigenvalue weighted by Gasteiger charge is -2.21. The minimum Gasteiger partial charge on any atom is -0.369 e. The first-order valence-corrected chi connectivity index (χ1v) is 8.48. The van der Waals surface area contributed by atoms with Crippen LogP contribution >= 0.6 is 11.6 Å². The molecule has 0 unspecified atom stereocenters. The number of nitrogens with zero attached hydrogens (tertiary/aromatic N) is 2. The van der Waals surface area contributed by atoms with E-state index in [1.165, 1.54) is 29.2 Å². The molecule has 2 N–H and O–H groups in total. The average molecular weight is 374 g/mol. The van der Waals surface area contributed by atoms with Crippen LogP contribution in [0.4, 0.5) is 15.8 Å². The van der Waals surface area contributed by atoms with Gasteiger partial charge in [0.25, 0.3) is 5.69 Å². The first kappa shape index (κ1) is 18.1. The van der Waals surface area contributed by atoms with Crippen LogP contribution in [-0.2, 0) is 16.6 Å². The van der Waals surface area contributed by atoms with E-state index in [1.807, 2.05) is 0 Å². The number of nitrogens with two attached hydrogens (primary N) is 1. The molecule has 10 heteroatoms. The molecule has 0 aliphatic rings. The fraction of sp³-hybridized carbons (Fsp3) is 0.143. The molecule has 128 valence electrons. The van der Waals surface area contributed by atoms with Gasteiger partial charge in [-0.3, -0.25) is 10.1 Å². The van der Waals surface area contributed by atoms with Gasteiger partial charge >= 0.3 is 0 Å². The normalized spacial score (nSPS) is 11.3. The molecule has 0 heterocycles. The van der Waals surface area contributed by atoms with E-state index >= 15 is 0 Å². The first-order chi connectivity index (χ1) is 11.1. The van der Waals surface area contributed by atoms with Crippen molar-refractivity contribution >= 4 is 33.0 Å².